The summed E-state index contributed by atoms with van der Waals surface area (Å²) in [4.78, 5) is 16.4. The van der Waals surface area contributed by atoms with E-state index in [1.807, 2.05) is 4.90 Å². The zero-order valence-corrected chi connectivity index (χ0v) is 10.5. The molecule has 1 saturated heterocycles. The third-order valence-electron chi connectivity index (χ3n) is 3.55. The summed E-state index contributed by atoms with van der Waals surface area (Å²) >= 11 is 0. The predicted octanol–water partition coefficient (Wildman–Crippen LogP) is 0.157. The van der Waals surface area contributed by atoms with E-state index in [0.717, 1.165) is 13.1 Å². The first-order chi connectivity index (χ1) is 8.00. The highest BCUT2D eigenvalue weighted by molar-refractivity contribution is 5.98. The summed E-state index contributed by atoms with van der Waals surface area (Å²) < 4.78 is 0. The van der Waals surface area contributed by atoms with E-state index >= 15 is 0 Å². The molecule has 2 unspecified atom stereocenters. The Labute approximate surface area is 101 Å². The monoisotopic (exact) mass is 237 g/mol. The number of hydrogen-bond acceptors (Lipinski definition) is 4. The van der Waals surface area contributed by atoms with E-state index in [1.54, 1.807) is 0 Å². The van der Waals surface area contributed by atoms with Crippen LogP contribution in [0.2, 0.25) is 0 Å². The molecule has 17 heavy (non-hydrogen) atoms. The molecular formula is C11H19N5O. The molecule has 2 atom stereocenters. The van der Waals surface area contributed by atoms with E-state index in [9.17, 15) is 4.79 Å². The number of carbonyl (C=O) groups excluding carboxylic acids is 1. The maximum absolute atomic E-state index is 12.2. The second-order valence-corrected chi connectivity index (χ2v) is 4.77. The fourth-order valence-corrected chi connectivity index (χ4v) is 2.21. The third-order valence-corrected chi connectivity index (χ3v) is 3.55. The minimum atomic E-state index is -0.0388. The van der Waals surface area contributed by atoms with Crippen molar-refractivity contribution in [3.63, 3.8) is 0 Å². The molecule has 1 aliphatic heterocycles. The van der Waals surface area contributed by atoms with Crippen LogP contribution in [0.15, 0.2) is 6.20 Å². The first-order valence-corrected chi connectivity index (χ1v) is 5.80. The fourth-order valence-electron chi connectivity index (χ4n) is 2.21. The summed E-state index contributed by atoms with van der Waals surface area (Å²) in [5.41, 5.74) is 6.14. The van der Waals surface area contributed by atoms with Gasteiger partial charge in [-0.1, -0.05) is 0 Å². The van der Waals surface area contributed by atoms with Crippen LogP contribution in [0.25, 0.3) is 0 Å². The zero-order chi connectivity index (χ0) is 12.6. The smallest absolute Gasteiger partial charge is 0.259 e. The van der Waals surface area contributed by atoms with Gasteiger partial charge < -0.3 is 10.6 Å². The van der Waals surface area contributed by atoms with Crippen molar-refractivity contribution in [1.29, 1.82) is 0 Å². The summed E-state index contributed by atoms with van der Waals surface area (Å²) in [6.07, 6.45) is 1.49. The molecule has 0 aromatic carbocycles. The lowest BCUT2D eigenvalue weighted by molar-refractivity contribution is 0.0415. The summed E-state index contributed by atoms with van der Waals surface area (Å²) in [6, 6.07) is 0.714. The Bertz CT molecular complexity index is 404. The molecule has 2 heterocycles. The molecule has 6 nitrogen and oxygen atoms in total. The van der Waals surface area contributed by atoms with Gasteiger partial charge in [0.05, 0.1) is 6.20 Å². The Hall–Kier alpha value is -1.56. The molecule has 0 saturated carbocycles. The number of carbonyl (C=O) groups is 1. The van der Waals surface area contributed by atoms with Crippen LogP contribution >= 0.6 is 0 Å². The molecule has 0 bridgehead atoms. The summed E-state index contributed by atoms with van der Waals surface area (Å²) in [5.74, 6) is 0.303. The van der Waals surface area contributed by atoms with Crippen LogP contribution in [0.4, 0.5) is 5.82 Å². The second-order valence-electron chi connectivity index (χ2n) is 4.77. The van der Waals surface area contributed by atoms with Gasteiger partial charge in [-0.3, -0.25) is 14.8 Å². The first-order valence-electron chi connectivity index (χ1n) is 5.80. The molecule has 6 heteroatoms. The zero-order valence-electron chi connectivity index (χ0n) is 10.5. The lowest BCUT2D eigenvalue weighted by atomic mass is 10.1. The Morgan fingerprint density at radius 1 is 1.47 bits per heavy atom. The molecule has 1 aromatic heterocycles. The van der Waals surface area contributed by atoms with Gasteiger partial charge in [0, 0.05) is 25.2 Å². The molecular weight excluding hydrogens is 218 g/mol. The number of aromatic nitrogens is 2. The number of amides is 1. The van der Waals surface area contributed by atoms with Crippen molar-refractivity contribution in [2.75, 3.05) is 25.9 Å². The molecule has 94 valence electrons. The van der Waals surface area contributed by atoms with Crippen molar-refractivity contribution < 1.29 is 4.79 Å². The lowest BCUT2D eigenvalue weighted by Crippen LogP contribution is -2.56. The lowest BCUT2D eigenvalue weighted by Gasteiger charge is -2.42. The number of nitrogens with two attached hydrogens (primary N) is 1. The van der Waals surface area contributed by atoms with Crippen molar-refractivity contribution in [3.05, 3.63) is 11.8 Å². The van der Waals surface area contributed by atoms with Crippen molar-refractivity contribution in [2.45, 2.75) is 25.9 Å². The second kappa shape index (κ2) is 4.37. The number of nitrogens with one attached hydrogen (secondary N) is 1. The number of likely N-dealkylation sites (N-methyl/N-ethyl adjacent to an activating group) is 1. The molecule has 1 fully saturated rings. The van der Waals surface area contributed by atoms with Gasteiger partial charge in [0.15, 0.2) is 0 Å². The highest BCUT2D eigenvalue weighted by Gasteiger charge is 2.30. The van der Waals surface area contributed by atoms with Crippen LogP contribution in [0.1, 0.15) is 24.2 Å². The third kappa shape index (κ3) is 2.12. The van der Waals surface area contributed by atoms with Crippen LogP contribution in [0, 0.1) is 0 Å². The molecule has 2 rings (SSSR count). The number of anilines is 1. The number of nitrogen functional groups attached to an aromatic ring is 1. The number of hydrogen-bond donors (Lipinski definition) is 2. The van der Waals surface area contributed by atoms with E-state index < -0.39 is 0 Å². The van der Waals surface area contributed by atoms with Crippen molar-refractivity contribution in [2.24, 2.45) is 0 Å². The number of aromatic amines is 1. The standard InChI is InChI=1S/C11H19N5O/c1-7-5-16(6-8(2)15(7)3)11(17)9-4-13-14-10(9)12/h4,7-8H,5-6H2,1-3H3,(H3,12,13,14). The molecule has 1 aliphatic rings. The maximum atomic E-state index is 12.2. The van der Waals surface area contributed by atoms with Gasteiger partial charge in [0.2, 0.25) is 0 Å². The van der Waals surface area contributed by atoms with E-state index in [1.165, 1.54) is 6.20 Å². The molecule has 0 radical (unpaired) electrons. The molecule has 0 spiro atoms. The van der Waals surface area contributed by atoms with E-state index in [0.29, 0.717) is 23.5 Å². The van der Waals surface area contributed by atoms with Gasteiger partial charge in [0.25, 0.3) is 5.91 Å². The average Bonchev–Trinajstić information content (AvgIpc) is 2.70. The predicted molar refractivity (Wildman–Crippen MR) is 65.6 cm³/mol. The normalized spacial score (nSPS) is 26.2. The Morgan fingerprint density at radius 3 is 2.53 bits per heavy atom. The SMILES string of the molecule is CC1CN(C(=O)c2cn[nH]c2N)CC(C)N1C. The first kappa shape index (κ1) is 11.9. The molecule has 1 aromatic rings. The summed E-state index contributed by atoms with van der Waals surface area (Å²) in [7, 11) is 2.09. The summed E-state index contributed by atoms with van der Waals surface area (Å²) in [6.45, 7) is 5.69. The van der Waals surface area contributed by atoms with E-state index in [4.69, 9.17) is 5.73 Å². The quantitative estimate of drug-likeness (QED) is 0.729. The average molecular weight is 237 g/mol. The number of rotatable bonds is 1. The minimum absolute atomic E-state index is 0.0388. The Morgan fingerprint density at radius 2 is 2.06 bits per heavy atom. The topological polar surface area (TPSA) is 78.2 Å². The Kier molecular flexibility index (Phi) is 3.06. The molecule has 3 N–H and O–H groups in total. The van der Waals surface area contributed by atoms with Gasteiger partial charge in [-0.25, -0.2) is 0 Å². The number of piperazine rings is 1. The number of H-pyrrole nitrogens is 1. The molecule has 0 aliphatic carbocycles. The van der Waals surface area contributed by atoms with Crippen molar-refractivity contribution in [1.82, 2.24) is 20.0 Å². The van der Waals surface area contributed by atoms with E-state index in [-0.39, 0.29) is 5.91 Å². The van der Waals surface area contributed by atoms with Crippen molar-refractivity contribution >= 4 is 11.7 Å². The maximum Gasteiger partial charge on any atom is 0.259 e. The van der Waals surface area contributed by atoms with Crippen LogP contribution in [-0.4, -0.2) is 58.1 Å². The van der Waals surface area contributed by atoms with Crippen LogP contribution in [-0.2, 0) is 0 Å². The Balaban J connectivity index is 2.14. The van der Waals surface area contributed by atoms with E-state index in [2.05, 4.69) is 36.0 Å². The summed E-state index contributed by atoms with van der Waals surface area (Å²) in [5, 5.41) is 6.37. The van der Waals surface area contributed by atoms with Crippen LogP contribution in [0.3, 0.4) is 0 Å². The highest BCUT2D eigenvalue weighted by Crippen LogP contribution is 2.17. The van der Waals surface area contributed by atoms with Crippen LogP contribution < -0.4 is 5.73 Å². The van der Waals surface area contributed by atoms with Gasteiger partial charge >= 0.3 is 0 Å². The largest absolute Gasteiger partial charge is 0.383 e. The number of nitrogens with zero attached hydrogens (tertiary/aromatic N) is 3. The van der Waals surface area contributed by atoms with Crippen molar-refractivity contribution in [3.8, 4) is 0 Å². The van der Waals surface area contributed by atoms with Gasteiger partial charge in [-0.2, -0.15) is 5.10 Å². The minimum Gasteiger partial charge on any atom is -0.383 e. The van der Waals surface area contributed by atoms with Gasteiger partial charge in [0.1, 0.15) is 11.4 Å². The van der Waals surface area contributed by atoms with Gasteiger partial charge in [-0.15, -0.1) is 0 Å². The van der Waals surface area contributed by atoms with Crippen LogP contribution in [0.5, 0.6) is 0 Å². The highest BCUT2D eigenvalue weighted by atomic mass is 16.2. The fraction of sp³-hybridized carbons (Fsp3) is 0.636. The molecule has 1 amide bonds. The van der Waals surface area contributed by atoms with Gasteiger partial charge in [-0.05, 0) is 20.9 Å².